The molecule has 3 rings (SSSR count). The molecule has 0 radical (unpaired) electrons. The number of carbonyl (C=O) groups excluding carboxylic acids is 1. The van der Waals surface area contributed by atoms with E-state index in [0.717, 1.165) is 0 Å². The highest BCUT2D eigenvalue weighted by molar-refractivity contribution is 7.18. The van der Waals surface area contributed by atoms with Gasteiger partial charge >= 0.3 is 0 Å². The Morgan fingerprint density at radius 1 is 1.06 bits per heavy atom. The van der Waals surface area contributed by atoms with Crippen molar-refractivity contribution in [2.45, 2.75) is 13.8 Å². The lowest BCUT2D eigenvalue weighted by Crippen LogP contribution is -2.34. The quantitative estimate of drug-likeness (QED) is 0.502. The van der Waals surface area contributed by atoms with Gasteiger partial charge in [-0.1, -0.05) is 37.3 Å². The van der Waals surface area contributed by atoms with Gasteiger partial charge in [-0.3, -0.25) is 9.69 Å². The van der Waals surface area contributed by atoms with E-state index in [2.05, 4.69) is 10.2 Å². The molecule has 1 amide bonds. The lowest BCUT2D eigenvalue weighted by molar-refractivity contribution is 0.0979. The molecular formula is C22H24FN3O4S. The number of halogens is 1. The van der Waals surface area contributed by atoms with Crippen LogP contribution in [0, 0.1) is 11.7 Å². The van der Waals surface area contributed by atoms with Crippen LogP contribution in [0.5, 0.6) is 17.2 Å². The van der Waals surface area contributed by atoms with Gasteiger partial charge in [-0.2, -0.15) is 0 Å². The third-order valence-corrected chi connectivity index (χ3v) is 5.45. The zero-order chi connectivity index (χ0) is 22.5. The van der Waals surface area contributed by atoms with Crippen molar-refractivity contribution in [3.63, 3.8) is 0 Å². The van der Waals surface area contributed by atoms with Crippen LogP contribution in [-0.2, 0) is 0 Å². The Bertz CT molecular complexity index is 1050. The van der Waals surface area contributed by atoms with Crippen LogP contribution in [0.15, 0.2) is 36.4 Å². The van der Waals surface area contributed by atoms with E-state index in [9.17, 15) is 9.18 Å². The SMILES string of the molecule is COc1cc(-c2nnc(N(CC(C)C)C(=O)c3ccccc3F)s2)cc(OC)c1OC. The highest BCUT2D eigenvalue weighted by atomic mass is 32.1. The van der Waals surface area contributed by atoms with Crippen LogP contribution >= 0.6 is 11.3 Å². The molecule has 2 aromatic carbocycles. The van der Waals surface area contributed by atoms with Crippen molar-refractivity contribution in [1.29, 1.82) is 0 Å². The second-order valence-corrected chi connectivity index (χ2v) is 8.05. The van der Waals surface area contributed by atoms with Gasteiger partial charge in [0, 0.05) is 12.1 Å². The Kier molecular flexibility index (Phi) is 7.06. The molecule has 0 aliphatic rings. The largest absolute Gasteiger partial charge is 0.493 e. The second-order valence-electron chi connectivity index (χ2n) is 7.09. The smallest absolute Gasteiger partial charge is 0.263 e. The molecule has 1 heterocycles. The first-order chi connectivity index (χ1) is 14.9. The molecule has 0 unspecified atom stereocenters. The summed E-state index contributed by atoms with van der Waals surface area (Å²) in [6, 6.07) is 9.43. The van der Waals surface area contributed by atoms with Crippen LogP contribution < -0.4 is 19.1 Å². The molecule has 3 aromatic rings. The van der Waals surface area contributed by atoms with Crippen LogP contribution in [-0.4, -0.2) is 44.0 Å². The molecule has 7 nitrogen and oxygen atoms in total. The average molecular weight is 446 g/mol. The van der Waals surface area contributed by atoms with Crippen molar-refractivity contribution >= 4 is 22.4 Å². The minimum absolute atomic E-state index is 0.00677. The molecule has 164 valence electrons. The lowest BCUT2D eigenvalue weighted by atomic mass is 10.1. The van der Waals surface area contributed by atoms with E-state index in [-0.39, 0.29) is 11.5 Å². The number of hydrogen-bond acceptors (Lipinski definition) is 7. The number of amides is 1. The highest BCUT2D eigenvalue weighted by Gasteiger charge is 2.25. The maximum absolute atomic E-state index is 14.2. The van der Waals surface area contributed by atoms with E-state index in [1.54, 1.807) is 24.3 Å². The molecular weight excluding hydrogens is 421 g/mol. The zero-order valence-electron chi connectivity index (χ0n) is 18.0. The summed E-state index contributed by atoms with van der Waals surface area (Å²) in [5, 5.41) is 9.40. The van der Waals surface area contributed by atoms with Gasteiger partial charge in [0.25, 0.3) is 5.91 Å². The minimum Gasteiger partial charge on any atom is -0.493 e. The fraction of sp³-hybridized carbons (Fsp3) is 0.318. The van der Waals surface area contributed by atoms with E-state index in [1.165, 1.54) is 49.7 Å². The van der Waals surface area contributed by atoms with Crippen molar-refractivity contribution in [3.8, 4) is 27.8 Å². The first-order valence-electron chi connectivity index (χ1n) is 9.59. The molecule has 0 spiro atoms. The summed E-state index contributed by atoms with van der Waals surface area (Å²) in [7, 11) is 4.59. The van der Waals surface area contributed by atoms with Crippen molar-refractivity contribution in [2.24, 2.45) is 5.92 Å². The third-order valence-electron chi connectivity index (χ3n) is 4.45. The van der Waals surface area contributed by atoms with Gasteiger partial charge in [0.1, 0.15) is 10.8 Å². The predicted molar refractivity (Wildman–Crippen MR) is 118 cm³/mol. The topological polar surface area (TPSA) is 73.8 Å². The zero-order valence-corrected chi connectivity index (χ0v) is 18.8. The summed E-state index contributed by atoms with van der Waals surface area (Å²) >= 11 is 1.23. The van der Waals surface area contributed by atoms with E-state index in [0.29, 0.717) is 39.5 Å². The summed E-state index contributed by atoms with van der Waals surface area (Å²) in [5.74, 6) is 0.541. The number of methoxy groups -OCH3 is 3. The van der Waals surface area contributed by atoms with Gasteiger partial charge < -0.3 is 14.2 Å². The van der Waals surface area contributed by atoms with E-state index < -0.39 is 11.7 Å². The molecule has 9 heteroatoms. The summed E-state index contributed by atoms with van der Waals surface area (Å²) < 4.78 is 30.4. The molecule has 31 heavy (non-hydrogen) atoms. The van der Waals surface area contributed by atoms with E-state index in [1.807, 2.05) is 13.8 Å². The fourth-order valence-corrected chi connectivity index (χ4v) is 3.88. The van der Waals surface area contributed by atoms with Crippen LogP contribution in [0.3, 0.4) is 0 Å². The Hall–Kier alpha value is -3.20. The van der Waals surface area contributed by atoms with Crippen molar-refractivity contribution in [1.82, 2.24) is 10.2 Å². The highest BCUT2D eigenvalue weighted by Crippen LogP contribution is 2.42. The number of hydrogen-bond donors (Lipinski definition) is 0. The van der Waals surface area contributed by atoms with Crippen molar-refractivity contribution < 1.29 is 23.4 Å². The Morgan fingerprint density at radius 2 is 1.71 bits per heavy atom. The second kappa shape index (κ2) is 9.74. The molecule has 1 aromatic heterocycles. The minimum atomic E-state index is -0.573. The number of ether oxygens (including phenoxy) is 3. The van der Waals surface area contributed by atoms with Gasteiger partial charge in [-0.25, -0.2) is 4.39 Å². The molecule has 0 N–H and O–H groups in total. The van der Waals surface area contributed by atoms with Gasteiger partial charge in [0.2, 0.25) is 10.9 Å². The number of rotatable bonds is 8. The van der Waals surface area contributed by atoms with Crippen LogP contribution in [0.4, 0.5) is 9.52 Å². The number of benzene rings is 2. The maximum atomic E-state index is 14.2. The molecule has 0 aliphatic carbocycles. The summed E-state index contributed by atoms with van der Waals surface area (Å²) in [5.41, 5.74) is 0.689. The van der Waals surface area contributed by atoms with Gasteiger partial charge in [0.05, 0.1) is 26.9 Å². The maximum Gasteiger partial charge on any atom is 0.263 e. The molecule has 0 fully saturated rings. The summed E-state index contributed by atoms with van der Waals surface area (Å²) in [6.45, 7) is 4.32. The summed E-state index contributed by atoms with van der Waals surface area (Å²) in [4.78, 5) is 14.6. The fourth-order valence-electron chi connectivity index (χ4n) is 3.04. The average Bonchev–Trinajstić information content (AvgIpc) is 3.26. The Morgan fingerprint density at radius 3 is 2.26 bits per heavy atom. The van der Waals surface area contributed by atoms with Crippen LogP contribution in [0.2, 0.25) is 0 Å². The molecule has 0 atom stereocenters. The number of anilines is 1. The number of aromatic nitrogens is 2. The Balaban J connectivity index is 2.02. The van der Waals surface area contributed by atoms with Crippen LogP contribution in [0.1, 0.15) is 24.2 Å². The van der Waals surface area contributed by atoms with Gasteiger partial charge in [-0.15, -0.1) is 10.2 Å². The molecule has 0 aliphatic heterocycles. The standard InChI is InChI=1S/C22H24FN3O4S/c1-13(2)12-26(21(27)15-8-6-7-9-16(15)23)22-25-24-20(31-22)14-10-17(28-3)19(30-5)18(11-14)29-4/h6-11,13H,12H2,1-5H3. The first kappa shape index (κ1) is 22.5. The predicted octanol–water partition coefficient (Wildman–Crippen LogP) is 4.67. The molecule has 0 bridgehead atoms. The lowest BCUT2D eigenvalue weighted by Gasteiger charge is -2.21. The first-order valence-corrected chi connectivity index (χ1v) is 10.4. The summed E-state index contributed by atoms with van der Waals surface area (Å²) in [6.07, 6.45) is 0. The normalized spacial score (nSPS) is 10.8. The van der Waals surface area contributed by atoms with Crippen LogP contribution in [0.25, 0.3) is 10.6 Å². The van der Waals surface area contributed by atoms with Crippen molar-refractivity contribution in [3.05, 3.63) is 47.8 Å². The Labute approximate surface area is 184 Å². The number of nitrogens with zero attached hydrogens (tertiary/aromatic N) is 3. The molecule has 0 saturated carbocycles. The monoisotopic (exact) mass is 445 g/mol. The molecule has 0 saturated heterocycles. The van der Waals surface area contributed by atoms with E-state index in [4.69, 9.17) is 14.2 Å². The van der Waals surface area contributed by atoms with Gasteiger partial charge in [0.15, 0.2) is 11.5 Å². The number of carbonyl (C=O) groups is 1. The van der Waals surface area contributed by atoms with Crippen molar-refractivity contribution in [2.75, 3.05) is 32.8 Å². The van der Waals surface area contributed by atoms with Gasteiger partial charge in [-0.05, 0) is 30.2 Å². The third kappa shape index (κ3) is 4.77. The van der Waals surface area contributed by atoms with E-state index >= 15 is 0 Å².